The van der Waals surface area contributed by atoms with Gasteiger partial charge in [0.05, 0.1) is 16.3 Å². The fourth-order valence-corrected chi connectivity index (χ4v) is 2.09. The summed E-state index contributed by atoms with van der Waals surface area (Å²) >= 11 is 5.96. The largest absolute Gasteiger partial charge is 0.449 e. The molecule has 0 radical (unpaired) electrons. The van der Waals surface area contributed by atoms with E-state index in [0.717, 1.165) is 0 Å². The number of carbonyl (C=O) groups excluding carboxylic acids is 3. The number of urea groups is 1. The molecule has 2 aromatic carbocycles. The zero-order chi connectivity index (χ0) is 18.4. The molecule has 0 aliphatic rings. The number of esters is 1. The highest BCUT2D eigenvalue weighted by Gasteiger charge is 2.19. The summed E-state index contributed by atoms with van der Waals surface area (Å²) in [4.78, 5) is 34.9. The maximum atomic E-state index is 12.1. The molecule has 8 heteroatoms. The lowest BCUT2D eigenvalue weighted by molar-refractivity contribution is -0.123. The molecule has 7 nitrogen and oxygen atoms in total. The van der Waals surface area contributed by atoms with E-state index in [-0.39, 0.29) is 5.56 Å². The van der Waals surface area contributed by atoms with E-state index in [2.05, 4.69) is 10.6 Å². The number of anilines is 2. The van der Waals surface area contributed by atoms with Crippen molar-refractivity contribution in [3.05, 3.63) is 59.1 Å². The monoisotopic (exact) mass is 361 g/mol. The number of ether oxygens (including phenoxy) is 1. The molecule has 130 valence electrons. The number of para-hydroxylation sites is 1. The number of rotatable bonds is 5. The Morgan fingerprint density at radius 3 is 2.28 bits per heavy atom. The average Bonchev–Trinajstić information content (AvgIpc) is 2.56. The number of primary amides is 1. The van der Waals surface area contributed by atoms with Gasteiger partial charge < -0.3 is 21.1 Å². The van der Waals surface area contributed by atoms with E-state index < -0.39 is 24.0 Å². The number of nitrogens with two attached hydrogens (primary N) is 1. The molecular formula is C17H16ClN3O4. The highest BCUT2D eigenvalue weighted by Crippen LogP contribution is 2.21. The van der Waals surface area contributed by atoms with Gasteiger partial charge in [0.25, 0.3) is 5.91 Å². The Kier molecular flexibility index (Phi) is 5.97. The van der Waals surface area contributed by atoms with E-state index in [1.807, 2.05) is 0 Å². The molecule has 2 rings (SSSR count). The fraction of sp³-hybridized carbons (Fsp3) is 0.118. The molecule has 2 aromatic rings. The summed E-state index contributed by atoms with van der Waals surface area (Å²) in [5.41, 5.74) is 6.10. The normalized spacial score (nSPS) is 11.3. The highest BCUT2D eigenvalue weighted by molar-refractivity contribution is 6.33. The van der Waals surface area contributed by atoms with Crippen LogP contribution in [0.25, 0.3) is 0 Å². The minimum Gasteiger partial charge on any atom is -0.449 e. The Balaban J connectivity index is 1.96. The Morgan fingerprint density at radius 1 is 1.04 bits per heavy atom. The van der Waals surface area contributed by atoms with Crippen molar-refractivity contribution in [2.45, 2.75) is 13.0 Å². The van der Waals surface area contributed by atoms with Crippen molar-refractivity contribution >= 4 is 40.9 Å². The van der Waals surface area contributed by atoms with Crippen LogP contribution in [0, 0.1) is 0 Å². The molecule has 0 saturated heterocycles. The first kappa shape index (κ1) is 18.3. The minimum absolute atomic E-state index is 0.229. The molecule has 25 heavy (non-hydrogen) atoms. The van der Waals surface area contributed by atoms with E-state index in [4.69, 9.17) is 22.1 Å². The number of benzene rings is 2. The van der Waals surface area contributed by atoms with Crippen LogP contribution in [0.5, 0.6) is 0 Å². The lowest BCUT2D eigenvalue weighted by atomic mass is 10.2. The smallest absolute Gasteiger partial charge is 0.338 e. The van der Waals surface area contributed by atoms with Crippen LogP contribution >= 0.6 is 11.6 Å². The number of hydrogen-bond acceptors (Lipinski definition) is 4. The SMILES string of the molecule is C[C@H](OC(=O)c1ccc(NC(N)=O)cc1)C(=O)Nc1ccccc1Cl. The minimum atomic E-state index is -1.02. The summed E-state index contributed by atoms with van der Waals surface area (Å²) in [7, 11) is 0. The molecule has 0 spiro atoms. The van der Waals surface area contributed by atoms with Crippen LogP contribution in [-0.4, -0.2) is 24.0 Å². The van der Waals surface area contributed by atoms with E-state index in [9.17, 15) is 14.4 Å². The van der Waals surface area contributed by atoms with Crippen molar-refractivity contribution in [2.24, 2.45) is 5.73 Å². The highest BCUT2D eigenvalue weighted by atomic mass is 35.5. The van der Waals surface area contributed by atoms with Gasteiger partial charge in [-0.3, -0.25) is 4.79 Å². The molecule has 0 saturated carbocycles. The van der Waals surface area contributed by atoms with Gasteiger partial charge >= 0.3 is 12.0 Å². The van der Waals surface area contributed by atoms with Crippen LogP contribution in [-0.2, 0) is 9.53 Å². The Labute approximate surface area is 149 Å². The average molecular weight is 362 g/mol. The standard InChI is InChI=1S/C17H16ClN3O4/c1-10(15(22)21-14-5-3-2-4-13(14)18)25-16(23)11-6-8-12(9-7-11)20-17(19)24/h2-10H,1H3,(H,21,22)(H3,19,20,24)/t10-/m0/s1. The van der Waals surface area contributed by atoms with Crippen molar-refractivity contribution in [3.8, 4) is 0 Å². The zero-order valence-corrected chi connectivity index (χ0v) is 14.0. The summed E-state index contributed by atoms with van der Waals surface area (Å²) in [5, 5.41) is 5.34. The molecule has 0 heterocycles. The first-order valence-corrected chi connectivity index (χ1v) is 7.67. The van der Waals surface area contributed by atoms with Crippen molar-refractivity contribution in [1.29, 1.82) is 0 Å². The molecule has 0 aromatic heterocycles. The lowest BCUT2D eigenvalue weighted by Gasteiger charge is -2.14. The molecule has 0 unspecified atom stereocenters. The Morgan fingerprint density at radius 2 is 1.68 bits per heavy atom. The second kappa shape index (κ2) is 8.16. The van der Waals surface area contributed by atoms with Crippen molar-refractivity contribution in [3.63, 3.8) is 0 Å². The molecule has 3 amide bonds. The van der Waals surface area contributed by atoms with Gasteiger partial charge in [0.15, 0.2) is 6.10 Å². The van der Waals surface area contributed by atoms with Crippen molar-refractivity contribution in [1.82, 2.24) is 0 Å². The Bertz CT molecular complexity index is 793. The number of halogens is 1. The first-order valence-electron chi connectivity index (χ1n) is 7.29. The van der Waals surface area contributed by atoms with Crippen molar-refractivity contribution < 1.29 is 19.1 Å². The van der Waals surface area contributed by atoms with E-state index in [1.54, 1.807) is 24.3 Å². The van der Waals surface area contributed by atoms with Crippen LogP contribution in [0.15, 0.2) is 48.5 Å². The molecule has 0 fully saturated rings. The fourth-order valence-electron chi connectivity index (χ4n) is 1.91. The van der Waals surface area contributed by atoms with Gasteiger partial charge in [-0.2, -0.15) is 0 Å². The van der Waals surface area contributed by atoms with Gasteiger partial charge in [-0.25, -0.2) is 9.59 Å². The summed E-state index contributed by atoms with van der Waals surface area (Å²) < 4.78 is 5.13. The molecular weight excluding hydrogens is 346 g/mol. The maximum Gasteiger partial charge on any atom is 0.338 e. The predicted octanol–water partition coefficient (Wildman–Crippen LogP) is 3.01. The van der Waals surface area contributed by atoms with Crippen LogP contribution < -0.4 is 16.4 Å². The van der Waals surface area contributed by atoms with E-state index in [1.165, 1.54) is 31.2 Å². The molecule has 0 aliphatic carbocycles. The van der Waals surface area contributed by atoms with Crippen LogP contribution in [0.3, 0.4) is 0 Å². The van der Waals surface area contributed by atoms with Gasteiger partial charge in [-0.05, 0) is 43.3 Å². The lowest BCUT2D eigenvalue weighted by Crippen LogP contribution is -2.30. The molecule has 0 bridgehead atoms. The zero-order valence-electron chi connectivity index (χ0n) is 13.3. The molecule has 4 N–H and O–H groups in total. The predicted molar refractivity (Wildman–Crippen MR) is 94.6 cm³/mol. The Hall–Kier alpha value is -3.06. The second-order valence-electron chi connectivity index (χ2n) is 5.08. The second-order valence-corrected chi connectivity index (χ2v) is 5.49. The van der Waals surface area contributed by atoms with E-state index in [0.29, 0.717) is 16.4 Å². The third-order valence-electron chi connectivity index (χ3n) is 3.17. The summed E-state index contributed by atoms with van der Waals surface area (Å²) in [6.07, 6.45) is -1.02. The van der Waals surface area contributed by atoms with E-state index >= 15 is 0 Å². The molecule has 0 aliphatic heterocycles. The third kappa shape index (κ3) is 5.22. The van der Waals surface area contributed by atoms with Gasteiger partial charge in [-0.1, -0.05) is 23.7 Å². The topological polar surface area (TPSA) is 111 Å². The third-order valence-corrected chi connectivity index (χ3v) is 3.50. The molecule has 1 atom stereocenters. The van der Waals surface area contributed by atoms with Gasteiger partial charge in [0.1, 0.15) is 0 Å². The summed E-state index contributed by atoms with van der Waals surface area (Å²) in [6.45, 7) is 1.45. The number of hydrogen-bond donors (Lipinski definition) is 3. The quantitative estimate of drug-likeness (QED) is 0.711. The van der Waals surface area contributed by atoms with Crippen LogP contribution in [0.1, 0.15) is 17.3 Å². The van der Waals surface area contributed by atoms with Crippen LogP contribution in [0.4, 0.5) is 16.2 Å². The number of amides is 3. The summed E-state index contributed by atoms with van der Waals surface area (Å²) in [5.74, 6) is -1.18. The van der Waals surface area contributed by atoms with Gasteiger partial charge in [0.2, 0.25) is 0 Å². The summed E-state index contributed by atoms with van der Waals surface area (Å²) in [6, 6.07) is 11.9. The van der Waals surface area contributed by atoms with Crippen molar-refractivity contribution in [2.75, 3.05) is 10.6 Å². The maximum absolute atomic E-state index is 12.1. The first-order chi connectivity index (χ1) is 11.9. The van der Waals surface area contributed by atoms with Crippen LogP contribution in [0.2, 0.25) is 5.02 Å². The number of nitrogens with one attached hydrogen (secondary N) is 2. The van der Waals surface area contributed by atoms with Gasteiger partial charge in [-0.15, -0.1) is 0 Å². The number of carbonyl (C=O) groups is 3. The van der Waals surface area contributed by atoms with Gasteiger partial charge in [0, 0.05) is 5.69 Å².